The van der Waals surface area contributed by atoms with Crippen LogP contribution in [-0.2, 0) is 0 Å². The van der Waals surface area contributed by atoms with Crippen LogP contribution in [0.25, 0.3) is 0 Å². The second-order valence-electron chi connectivity index (χ2n) is 4.51. The number of hydrogen-bond acceptors (Lipinski definition) is 1. The fourth-order valence-electron chi connectivity index (χ4n) is 2.15. The van der Waals surface area contributed by atoms with Gasteiger partial charge in [0, 0.05) is 22.7 Å². The van der Waals surface area contributed by atoms with Crippen molar-refractivity contribution in [1.82, 2.24) is 5.32 Å². The molecule has 0 aliphatic rings. The molecule has 0 fully saturated rings. The molecule has 1 N–H and O–H groups in total. The van der Waals surface area contributed by atoms with E-state index >= 15 is 0 Å². The monoisotopic (exact) mass is 299 g/mol. The summed E-state index contributed by atoms with van der Waals surface area (Å²) in [5, 5.41) is 3.41. The molecule has 0 bridgehead atoms. The molecule has 0 aromatic heterocycles. The van der Waals surface area contributed by atoms with E-state index in [4.69, 9.17) is 11.6 Å². The Labute approximate surface area is 120 Å². The Morgan fingerprint density at radius 2 is 1.65 bits per heavy atom. The van der Waals surface area contributed by atoms with Crippen LogP contribution in [0.2, 0.25) is 5.02 Å². The Balaban J connectivity index is 2.55. The summed E-state index contributed by atoms with van der Waals surface area (Å²) < 4.78 is 40.7. The molecule has 0 radical (unpaired) electrons. The van der Waals surface area contributed by atoms with Crippen LogP contribution in [0, 0.1) is 24.4 Å². The first-order valence-electron chi connectivity index (χ1n) is 6.01. The molecule has 0 saturated heterocycles. The molecule has 0 heterocycles. The van der Waals surface area contributed by atoms with Crippen molar-refractivity contribution in [2.45, 2.75) is 13.0 Å². The summed E-state index contributed by atoms with van der Waals surface area (Å²) in [4.78, 5) is 0. The van der Waals surface area contributed by atoms with E-state index in [1.165, 1.54) is 0 Å². The Hall–Kier alpha value is -1.52. The van der Waals surface area contributed by atoms with Crippen molar-refractivity contribution in [3.63, 3.8) is 0 Å². The van der Waals surface area contributed by atoms with E-state index in [-0.39, 0.29) is 5.56 Å². The molecule has 2 aromatic rings. The number of rotatable bonds is 3. The van der Waals surface area contributed by atoms with Crippen molar-refractivity contribution >= 4 is 11.6 Å². The van der Waals surface area contributed by atoms with Gasteiger partial charge in [0.15, 0.2) is 0 Å². The van der Waals surface area contributed by atoms with E-state index in [2.05, 4.69) is 5.32 Å². The van der Waals surface area contributed by atoms with Gasteiger partial charge >= 0.3 is 0 Å². The molecule has 20 heavy (non-hydrogen) atoms. The SMILES string of the molecule is CNC(c1ccc(Cl)c(C)c1)c1c(F)cc(F)cc1F. The van der Waals surface area contributed by atoms with Gasteiger partial charge in [-0.15, -0.1) is 0 Å². The molecular formula is C15H13ClF3N. The average molecular weight is 300 g/mol. The van der Waals surface area contributed by atoms with Gasteiger partial charge in [-0.05, 0) is 31.2 Å². The minimum absolute atomic E-state index is 0.212. The fraction of sp³-hybridized carbons (Fsp3) is 0.200. The first kappa shape index (κ1) is 14.9. The zero-order valence-electron chi connectivity index (χ0n) is 11.0. The molecule has 2 rings (SSSR count). The normalized spacial score (nSPS) is 12.5. The first-order chi connectivity index (χ1) is 9.43. The highest BCUT2D eigenvalue weighted by molar-refractivity contribution is 6.31. The van der Waals surface area contributed by atoms with Gasteiger partial charge in [0.1, 0.15) is 17.5 Å². The molecule has 106 valence electrons. The van der Waals surface area contributed by atoms with Crippen molar-refractivity contribution in [2.24, 2.45) is 0 Å². The van der Waals surface area contributed by atoms with Crippen molar-refractivity contribution in [3.05, 3.63) is 69.5 Å². The lowest BCUT2D eigenvalue weighted by atomic mass is 9.96. The minimum atomic E-state index is -0.939. The predicted octanol–water partition coefficient (Wildman–Crippen LogP) is 4.37. The molecule has 1 atom stereocenters. The number of halogens is 4. The third kappa shape index (κ3) is 2.81. The maximum absolute atomic E-state index is 13.9. The van der Waals surface area contributed by atoms with Crippen LogP contribution in [0.3, 0.4) is 0 Å². The van der Waals surface area contributed by atoms with Gasteiger partial charge in [-0.1, -0.05) is 23.7 Å². The first-order valence-corrected chi connectivity index (χ1v) is 6.39. The summed E-state index contributed by atoms with van der Waals surface area (Å²) in [7, 11) is 1.58. The topological polar surface area (TPSA) is 12.0 Å². The second-order valence-corrected chi connectivity index (χ2v) is 4.92. The van der Waals surface area contributed by atoms with E-state index in [9.17, 15) is 13.2 Å². The standard InChI is InChI=1S/C15H13ClF3N/c1-8-5-9(3-4-11(8)16)15(20-2)14-12(18)6-10(17)7-13(14)19/h3-7,15,20H,1-2H3. The van der Waals surface area contributed by atoms with E-state index in [1.54, 1.807) is 32.2 Å². The minimum Gasteiger partial charge on any atom is -0.309 e. The Bertz CT molecular complexity index is 620. The molecule has 0 spiro atoms. The molecular weight excluding hydrogens is 287 g/mol. The lowest BCUT2D eigenvalue weighted by molar-refractivity contribution is 0.500. The quantitative estimate of drug-likeness (QED) is 0.887. The van der Waals surface area contributed by atoms with Crippen LogP contribution in [0.4, 0.5) is 13.2 Å². The zero-order chi connectivity index (χ0) is 14.9. The highest BCUT2D eigenvalue weighted by atomic mass is 35.5. The number of benzene rings is 2. The maximum Gasteiger partial charge on any atom is 0.134 e. The predicted molar refractivity (Wildman–Crippen MR) is 73.4 cm³/mol. The summed E-state index contributed by atoms with van der Waals surface area (Å²) in [5.74, 6) is -2.78. The van der Waals surface area contributed by atoms with Crippen molar-refractivity contribution in [1.29, 1.82) is 0 Å². The molecule has 0 aliphatic carbocycles. The van der Waals surface area contributed by atoms with Gasteiger partial charge in [-0.2, -0.15) is 0 Å². The van der Waals surface area contributed by atoms with Gasteiger partial charge in [0.2, 0.25) is 0 Å². The molecule has 0 saturated carbocycles. The van der Waals surface area contributed by atoms with Crippen LogP contribution >= 0.6 is 11.6 Å². The molecule has 2 aromatic carbocycles. The summed E-state index contributed by atoms with van der Waals surface area (Å²) in [6.45, 7) is 1.80. The lowest BCUT2D eigenvalue weighted by Gasteiger charge is -2.19. The second kappa shape index (κ2) is 5.85. The summed E-state index contributed by atoms with van der Waals surface area (Å²) in [5.41, 5.74) is 1.24. The van der Waals surface area contributed by atoms with Gasteiger partial charge in [-0.25, -0.2) is 13.2 Å². The highest BCUT2D eigenvalue weighted by Gasteiger charge is 2.22. The van der Waals surface area contributed by atoms with Crippen molar-refractivity contribution in [3.8, 4) is 0 Å². The van der Waals surface area contributed by atoms with Gasteiger partial charge in [-0.3, -0.25) is 0 Å². The number of hydrogen-bond donors (Lipinski definition) is 1. The summed E-state index contributed by atoms with van der Waals surface area (Å²) >= 11 is 5.94. The van der Waals surface area contributed by atoms with Gasteiger partial charge in [0.25, 0.3) is 0 Å². The van der Waals surface area contributed by atoms with Crippen molar-refractivity contribution in [2.75, 3.05) is 7.05 Å². The van der Waals surface area contributed by atoms with E-state index in [0.717, 1.165) is 5.56 Å². The highest BCUT2D eigenvalue weighted by Crippen LogP contribution is 2.29. The average Bonchev–Trinajstić information content (AvgIpc) is 2.37. The Morgan fingerprint density at radius 1 is 1.05 bits per heavy atom. The van der Waals surface area contributed by atoms with E-state index in [1.807, 2.05) is 0 Å². The third-order valence-electron chi connectivity index (χ3n) is 3.14. The summed E-state index contributed by atoms with van der Waals surface area (Å²) in [6.07, 6.45) is 0. The van der Waals surface area contributed by atoms with E-state index < -0.39 is 23.5 Å². The van der Waals surface area contributed by atoms with Crippen LogP contribution in [0.15, 0.2) is 30.3 Å². The smallest absolute Gasteiger partial charge is 0.134 e. The summed E-state index contributed by atoms with van der Waals surface area (Å²) in [6, 6.07) is 5.71. The zero-order valence-corrected chi connectivity index (χ0v) is 11.7. The lowest BCUT2D eigenvalue weighted by Crippen LogP contribution is -2.20. The van der Waals surface area contributed by atoms with Gasteiger partial charge in [0.05, 0.1) is 6.04 Å². The third-order valence-corrected chi connectivity index (χ3v) is 3.56. The largest absolute Gasteiger partial charge is 0.309 e. The van der Waals surface area contributed by atoms with E-state index in [0.29, 0.717) is 22.7 Å². The number of nitrogens with one attached hydrogen (secondary N) is 1. The molecule has 0 aliphatic heterocycles. The van der Waals surface area contributed by atoms with Gasteiger partial charge < -0.3 is 5.32 Å². The Morgan fingerprint density at radius 3 is 2.15 bits per heavy atom. The van der Waals surface area contributed by atoms with Crippen LogP contribution < -0.4 is 5.32 Å². The van der Waals surface area contributed by atoms with Crippen LogP contribution in [0.1, 0.15) is 22.7 Å². The van der Waals surface area contributed by atoms with Crippen molar-refractivity contribution < 1.29 is 13.2 Å². The Kier molecular flexibility index (Phi) is 4.35. The number of aryl methyl sites for hydroxylation is 1. The fourth-order valence-corrected chi connectivity index (χ4v) is 2.27. The van der Waals surface area contributed by atoms with Crippen LogP contribution in [-0.4, -0.2) is 7.05 Å². The maximum atomic E-state index is 13.9. The van der Waals surface area contributed by atoms with Crippen LogP contribution in [0.5, 0.6) is 0 Å². The molecule has 5 heteroatoms. The molecule has 1 nitrogen and oxygen atoms in total. The molecule has 0 amide bonds. The molecule has 1 unspecified atom stereocenters.